The Kier molecular flexibility index (Phi) is 10.2. The summed E-state index contributed by atoms with van der Waals surface area (Å²) < 4.78 is 69.3. The second-order valence-electron chi connectivity index (χ2n) is 11.1. The zero-order valence-corrected chi connectivity index (χ0v) is 25.6. The van der Waals surface area contributed by atoms with E-state index in [0.717, 1.165) is 11.1 Å². The quantitative estimate of drug-likeness (QED) is 0.285. The van der Waals surface area contributed by atoms with Crippen LogP contribution in [0.4, 0.5) is 13.2 Å². The molecule has 44 heavy (non-hydrogen) atoms. The summed E-state index contributed by atoms with van der Waals surface area (Å²) in [6, 6.07) is 24.6. The predicted octanol–water partition coefficient (Wildman–Crippen LogP) is 5.85. The fourth-order valence-corrected chi connectivity index (χ4v) is 6.54. The van der Waals surface area contributed by atoms with Crippen molar-refractivity contribution in [2.24, 2.45) is 4.99 Å². The standard InChI is InChI=1S/C33H37F3N2O5S/c1-38(2)31-37-26-27(41-20-23-10-6-4-7-11-23)28(42-21-24-12-8-5-9-13-24)29(43-30(26)44-31)32(39,33(34,35)36)19-18-22-14-16-25(40-3)17-15-22/h4-17,26-30,39H,18-21H2,1-3H3/t26-,27-,28+,29+,30-,32?/m1/s1. The summed E-state index contributed by atoms with van der Waals surface area (Å²) in [6.45, 7) is 0.123. The van der Waals surface area contributed by atoms with Crippen LogP contribution in [0.2, 0.25) is 0 Å². The van der Waals surface area contributed by atoms with Crippen LogP contribution in [0.15, 0.2) is 89.9 Å². The summed E-state index contributed by atoms with van der Waals surface area (Å²) in [6.07, 6.45) is -9.77. The maximum absolute atomic E-state index is 15.1. The lowest BCUT2D eigenvalue weighted by molar-refractivity contribution is -0.333. The third-order valence-electron chi connectivity index (χ3n) is 7.87. The number of nitrogens with zero attached hydrogens (tertiary/aromatic N) is 2. The lowest BCUT2D eigenvalue weighted by Crippen LogP contribution is -2.68. The zero-order valence-electron chi connectivity index (χ0n) is 24.8. The maximum atomic E-state index is 15.1. The molecule has 0 spiro atoms. The molecule has 1 saturated heterocycles. The molecule has 2 aliphatic heterocycles. The van der Waals surface area contributed by atoms with E-state index < -0.39 is 48.0 Å². The van der Waals surface area contributed by atoms with Crippen molar-refractivity contribution in [3.63, 3.8) is 0 Å². The average molecular weight is 631 g/mol. The van der Waals surface area contributed by atoms with Crippen molar-refractivity contribution in [3.05, 3.63) is 102 Å². The maximum Gasteiger partial charge on any atom is 0.419 e. The zero-order chi connectivity index (χ0) is 31.3. The first-order valence-electron chi connectivity index (χ1n) is 14.4. The van der Waals surface area contributed by atoms with E-state index in [-0.39, 0.29) is 19.6 Å². The number of aliphatic imine (C=N–C) groups is 1. The van der Waals surface area contributed by atoms with Crippen LogP contribution in [0.25, 0.3) is 0 Å². The second-order valence-corrected chi connectivity index (χ2v) is 12.2. The number of aryl methyl sites for hydroxylation is 1. The fourth-order valence-electron chi connectivity index (χ4n) is 5.40. The van der Waals surface area contributed by atoms with Gasteiger partial charge in [0.05, 0.1) is 20.3 Å². The summed E-state index contributed by atoms with van der Waals surface area (Å²) in [7, 11) is 5.14. The Hall–Kier alpha value is -3.09. The SMILES string of the molecule is COc1ccc(CCC(O)([C@H]2O[C@@H]3SC(N(C)C)=N[C@@H]3[C@@H](OCc3ccccc3)[C@@H]2OCc2ccccc2)C(F)(F)F)cc1. The van der Waals surface area contributed by atoms with Crippen LogP contribution in [-0.2, 0) is 33.8 Å². The Bertz CT molecular complexity index is 1380. The molecule has 7 nitrogen and oxygen atoms in total. The van der Waals surface area contributed by atoms with E-state index in [4.69, 9.17) is 23.9 Å². The molecule has 11 heteroatoms. The molecule has 2 aliphatic rings. The van der Waals surface area contributed by atoms with E-state index in [1.54, 1.807) is 29.2 Å². The first-order valence-corrected chi connectivity index (χ1v) is 15.3. The number of fused-ring (bicyclic) bond motifs is 1. The molecule has 2 heterocycles. The van der Waals surface area contributed by atoms with Crippen molar-refractivity contribution < 1.29 is 37.2 Å². The van der Waals surface area contributed by atoms with Crippen LogP contribution in [0, 0.1) is 0 Å². The van der Waals surface area contributed by atoms with Gasteiger partial charge in [0.2, 0.25) is 0 Å². The lowest BCUT2D eigenvalue weighted by Gasteiger charge is -2.49. The van der Waals surface area contributed by atoms with E-state index in [0.29, 0.717) is 16.5 Å². The van der Waals surface area contributed by atoms with Gasteiger partial charge in [-0.1, -0.05) is 84.6 Å². The summed E-state index contributed by atoms with van der Waals surface area (Å²) in [5.41, 5.74) is -1.84. The highest BCUT2D eigenvalue weighted by atomic mass is 32.2. The van der Waals surface area contributed by atoms with E-state index in [1.165, 1.54) is 18.9 Å². The second kappa shape index (κ2) is 13.9. The molecule has 1 unspecified atom stereocenters. The lowest BCUT2D eigenvalue weighted by atomic mass is 9.81. The first-order chi connectivity index (χ1) is 21.1. The van der Waals surface area contributed by atoms with E-state index in [9.17, 15) is 5.11 Å². The number of hydrogen-bond donors (Lipinski definition) is 1. The van der Waals surface area contributed by atoms with Gasteiger partial charge in [-0.2, -0.15) is 13.2 Å². The van der Waals surface area contributed by atoms with Crippen molar-refractivity contribution >= 4 is 16.9 Å². The smallest absolute Gasteiger partial charge is 0.419 e. The van der Waals surface area contributed by atoms with Crippen molar-refractivity contribution in [2.45, 2.75) is 67.6 Å². The number of aliphatic hydroxyl groups is 1. The monoisotopic (exact) mass is 630 g/mol. The van der Waals surface area contributed by atoms with E-state index in [1.807, 2.05) is 74.8 Å². The minimum atomic E-state index is -5.04. The Morgan fingerprint density at radius 3 is 1.93 bits per heavy atom. The summed E-state index contributed by atoms with van der Waals surface area (Å²) >= 11 is 1.22. The van der Waals surface area contributed by atoms with E-state index in [2.05, 4.69) is 0 Å². The van der Waals surface area contributed by atoms with Gasteiger partial charge in [0.25, 0.3) is 0 Å². The molecule has 0 amide bonds. The van der Waals surface area contributed by atoms with Crippen molar-refractivity contribution in [2.75, 3.05) is 21.2 Å². The molecule has 0 saturated carbocycles. The van der Waals surface area contributed by atoms with Gasteiger partial charge in [-0.25, -0.2) is 0 Å². The normalized spacial score (nSPS) is 24.7. The van der Waals surface area contributed by atoms with Crippen LogP contribution < -0.4 is 4.74 Å². The number of thioether (sulfide) groups is 1. The Labute approximate surface area is 260 Å². The predicted molar refractivity (Wildman–Crippen MR) is 164 cm³/mol. The van der Waals surface area contributed by atoms with Gasteiger partial charge < -0.3 is 29.0 Å². The topological polar surface area (TPSA) is 72.8 Å². The number of halogens is 3. The molecule has 236 valence electrons. The highest BCUT2D eigenvalue weighted by Gasteiger charge is 2.66. The highest BCUT2D eigenvalue weighted by Crippen LogP contribution is 2.47. The number of hydrogen-bond acceptors (Lipinski definition) is 8. The van der Waals surface area contributed by atoms with Gasteiger partial charge in [0.1, 0.15) is 35.5 Å². The molecule has 3 aromatic rings. The molecule has 1 fully saturated rings. The molecular weight excluding hydrogens is 593 g/mol. The molecule has 6 atom stereocenters. The number of benzene rings is 3. The Morgan fingerprint density at radius 1 is 0.841 bits per heavy atom. The molecule has 0 radical (unpaired) electrons. The number of rotatable bonds is 11. The van der Waals surface area contributed by atoms with Crippen LogP contribution in [-0.4, -0.2) is 77.9 Å². The number of alkyl halides is 3. The number of ether oxygens (including phenoxy) is 4. The van der Waals surface area contributed by atoms with Gasteiger partial charge in [-0.15, -0.1) is 0 Å². The molecule has 0 aromatic heterocycles. The highest BCUT2D eigenvalue weighted by molar-refractivity contribution is 8.14. The summed E-state index contributed by atoms with van der Waals surface area (Å²) in [5, 5.41) is 12.3. The molecule has 0 bridgehead atoms. The van der Waals surface area contributed by atoms with Crippen LogP contribution in [0.3, 0.4) is 0 Å². The van der Waals surface area contributed by atoms with Crippen LogP contribution in [0.5, 0.6) is 5.75 Å². The minimum absolute atomic E-state index is 0.00222. The third kappa shape index (κ3) is 7.24. The third-order valence-corrected chi connectivity index (χ3v) is 9.17. The first kappa shape index (κ1) is 32.3. The molecular formula is C33H37F3N2O5S. The summed E-state index contributed by atoms with van der Waals surface area (Å²) in [5.74, 6) is 0.587. The number of methoxy groups -OCH3 is 1. The van der Waals surface area contributed by atoms with E-state index >= 15 is 13.2 Å². The largest absolute Gasteiger partial charge is 0.497 e. The fraction of sp³-hybridized carbons (Fsp3) is 0.424. The molecule has 3 aromatic carbocycles. The van der Waals surface area contributed by atoms with Crippen LogP contribution >= 0.6 is 11.8 Å². The van der Waals surface area contributed by atoms with Gasteiger partial charge in [0, 0.05) is 14.1 Å². The molecule has 0 aliphatic carbocycles. The molecule has 1 N–H and O–H groups in total. The average Bonchev–Trinajstić information content (AvgIpc) is 3.47. The van der Waals surface area contributed by atoms with Crippen molar-refractivity contribution in [1.82, 2.24) is 4.90 Å². The number of amidine groups is 1. The van der Waals surface area contributed by atoms with Gasteiger partial charge in [-0.05, 0) is 41.7 Å². The molecule has 5 rings (SSSR count). The van der Waals surface area contributed by atoms with Crippen LogP contribution in [0.1, 0.15) is 23.1 Å². The Balaban J connectivity index is 1.51. The van der Waals surface area contributed by atoms with Crippen molar-refractivity contribution in [1.29, 1.82) is 0 Å². The minimum Gasteiger partial charge on any atom is -0.497 e. The van der Waals surface area contributed by atoms with Gasteiger partial charge in [0.15, 0.2) is 10.8 Å². The van der Waals surface area contributed by atoms with Gasteiger partial charge in [-0.3, -0.25) is 4.99 Å². The van der Waals surface area contributed by atoms with Crippen molar-refractivity contribution in [3.8, 4) is 5.75 Å². The Morgan fingerprint density at radius 2 is 1.41 bits per heavy atom. The summed E-state index contributed by atoms with van der Waals surface area (Å²) in [4.78, 5) is 6.58. The van der Waals surface area contributed by atoms with Gasteiger partial charge >= 0.3 is 6.18 Å².